The summed E-state index contributed by atoms with van der Waals surface area (Å²) < 4.78 is 2.65. The second-order valence-corrected chi connectivity index (χ2v) is 5.98. The predicted octanol–water partition coefficient (Wildman–Crippen LogP) is 1.75. The van der Waals surface area contributed by atoms with Crippen molar-refractivity contribution < 1.29 is 5.11 Å². The van der Waals surface area contributed by atoms with Crippen LogP contribution in [0.1, 0.15) is 16.7 Å². The molecule has 0 aromatic carbocycles. The molecule has 2 aromatic rings. The molecule has 98 valence electrons. The molecular weight excluding hydrogens is 316 g/mol. The Balaban J connectivity index is 2.23. The summed E-state index contributed by atoms with van der Waals surface area (Å²) in [7, 11) is 4.02. The third-order valence-electron chi connectivity index (χ3n) is 2.57. The van der Waals surface area contributed by atoms with E-state index in [1.807, 2.05) is 18.8 Å². The van der Waals surface area contributed by atoms with Gasteiger partial charge in [-0.1, -0.05) is 0 Å². The Morgan fingerprint density at radius 3 is 2.89 bits per heavy atom. The molecule has 7 heteroatoms. The summed E-state index contributed by atoms with van der Waals surface area (Å²) in [6.45, 7) is 1.61. The second kappa shape index (κ2) is 5.92. The molecule has 0 aliphatic heterocycles. The zero-order valence-corrected chi connectivity index (χ0v) is 12.6. The van der Waals surface area contributed by atoms with Gasteiger partial charge in [0, 0.05) is 12.7 Å². The highest BCUT2D eigenvalue weighted by atomic mass is 79.9. The van der Waals surface area contributed by atoms with Gasteiger partial charge in [0.25, 0.3) is 0 Å². The molecule has 18 heavy (non-hydrogen) atoms. The van der Waals surface area contributed by atoms with Crippen LogP contribution in [0, 0.1) is 0 Å². The van der Waals surface area contributed by atoms with E-state index in [2.05, 4.69) is 30.9 Å². The largest absolute Gasteiger partial charge is 0.381 e. The summed E-state index contributed by atoms with van der Waals surface area (Å²) in [5, 5.41) is 14.6. The van der Waals surface area contributed by atoms with Crippen molar-refractivity contribution in [1.82, 2.24) is 19.7 Å². The first-order valence-corrected chi connectivity index (χ1v) is 7.19. The van der Waals surface area contributed by atoms with Crippen LogP contribution in [-0.4, -0.2) is 45.4 Å². The molecule has 0 radical (unpaired) electrons. The van der Waals surface area contributed by atoms with Crippen molar-refractivity contribution in [3.63, 3.8) is 0 Å². The van der Waals surface area contributed by atoms with Gasteiger partial charge in [0.1, 0.15) is 6.10 Å². The number of hydrogen-bond acceptors (Lipinski definition) is 5. The molecule has 0 aliphatic carbocycles. The third-order valence-corrected chi connectivity index (χ3v) is 4.01. The van der Waals surface area contributed by atoms with Crippen LogP contribution >= 0.6 is 27.3 Å². The summed E-state index contributed by atoms with van der Waals surface area (Å²) in [4.78, 5) is 6.90. The lowest BCUT2D eigenvalue weighted by atomic mass is 10.2. The maximum Gasteiger partial charge on any atom is 0.132 e. The van der Waals surface area contributed by atoms with Gasteiger partial charge in [0.15, 0.2) is 0 Å². The molecule has 0 fully saturated rings. The van der Waals surface area contributed by atoms with Crippen LogP contribution in [0.5, 0.6) is 0 Å². The van der Waals surface area contributed by atoms with E-state index in [1.165, 1.54) is 11.3 Å². The van der Waals surface area contributed by atoms with Crippen LogP contribution in [0.4, 0.5) is 0 Å². The molecule has 0 aliphatic rings. The first kappa shape index (κ1) is 13.7. The fourth-order valence-electron chi connectivity index (χ4n) is 1.61. The first-order valence-electron chi connectivity index (χ1n) is 5.52. The minimum atomic E-state index is -0.684. The number of aliphatic hydroxyl groups excluding tert-OH is 1. The molecule has 5 nitrogen and oxygen atoms in total. The van der Waals surface area contributed by atoms with E-state index in [0.29, 0.717) is 0 Å². The molecule has 1 unspecified atom stereocenters. The van der Waals surface area contributed by atoms with E-state index >= 15 is 0 Å². The molecule has 0 saturated carbocycles. The summed E-state index contributed by atoms with van der Waals surface area (Å²) in [6, 6.07) is 0. The molecule has 2 heterocycles. The smallest absolute Gasteiger partial charge is 0.132 e. The molecule has 0 saturated heterocycles. The van der Waals surface area contributed by atoms with Crippen molar-refractivity contribution in [3.05, 3.63) is 32.9 Å². The first-order chi connectivity index (χ1) is 8.59. The van der Waals surface area contributed by atoms with Gasteiger partial charge in [0.2, 0.25) is 0 Å². The standard InChI is InChI=1S/C11H15BrN4OS/c1-15(2)3-4-16-10(8(12)5-14-16)11(17)9-6-13-7-18-9/h5-7,11,17H,3-4H2,1-2H3. The molecule has 0 bridgehead atoms. The van der Waals surface area contributed by atoms with E-state index in [4.69, 9.17) is 0 Å². The zero-order valence-electron chi connectivity index (χ0n) is 10.2. The summed E-state index contributed by atoms with van der Waals surface area (Å²) in [6.07, 6.45) is 2.72. The molecule has 1 atom stereocenters. The average Bonchev–Trinajstić information content (AvgIpc) is 2.94. The lowest BCUT2D eigenvalue weighted by Gasteiger charge is -2.15. The van der Waals surface area contributed by atoms with Crippen molar-refractivity contribution >= 4 is 27.3 Å². The average molecular weight is 331 g/mol. The Morgan fingerprint density at radius 2 is 2.28 bits per heavy atom. The molecule has 0 spiro atoms. The van der Waals surface area contributed by atoms with E-state index in [0.717, 1.165) is 28.1 Å². The lowest BCUT2D eigenvalue weighted by molar-refractivity contribution is 0.208. The van der Waals surface area contributed by atoms with Crippen LogP contribution in [-0.2, 0) is 6.54 Å². The Morgan fingerprint density at radius 1 is 1.50 bits per heavy atom. The fraction of sp³-hybridized carbons (Fsp3) is 0.455. The molecule has 2 aromatic heterocycles. The van der Waals surface area contributed by atoms with Gasteiger partial charge < -0.3 is 10.0 Å². The summed E-state index contributed by atoms with van der Waals surface area (Å²) in [5.74, 6) is 0. The Labute approximate surface area is 118 Å². The Hall–Kier alpha value is -0.760. The van der Waals surface area contributed by atoms with Crippen molar-refractivity contribution in [1.29, 1.82) is 0 Å². The van der Waals surface area contributed by atoms with Gasteiger partial charge in [-0.15, -0.1) is 11.3 Å². The highest BCUT2D eigenvalue weighted by molar-refractivity contribution is 9.10. The maximum atomic E-state index is 10.4. The summed E-state index contributed by atoms with van der Waals surface area (Å²) in [5.41, 5.74) is 2.49. The number of rotatable bonds is 5. The molecular formula is C11H15BrN4OS. The monoisotopic (exact) mass is 330 g/mol. The van der Waals surface area contributed by atoms with E-state index in [-0.39, 0.29) is 0 Å². The Bertz CT molecular complexity index is 497. The van der Waals surface area contributed by atoms with Crippen molar-refractivity contribution in [2.45, 2.75) is 12.6 Å². The number of aliphatic hydroxyl groups is 1. The van der Waals surface area contributed by atoms with Crippen molar-refractivity contribution in [2.75, 3.05) is 20.6 Å². The van der Waals surface area contributed by atoms with E-state index in [9.17, 15) is 5.11 Å². The molecule has 2 rings (SSSR count). The lowest BCUT2D eigenvalue weighted by Crippen LogP contribution is -2.21. The minimum absolute atomic E-state index is 0.684. The highest BCUT2D eigenvalue weighted by Gasteiger charge is 2.20. The normalized spacial score (nSPS) is 13.2. The number of nitrogens with zero attached hydrogens (tertiary/aromatic N) is 4. The number of halogens is 1. The number of aromatic nitrogens is 3. The van der Waals surface area contributed by atoms with Gasteiger partial charge in [-0.25, -0.2) is 0 Å². The van der Waals surface area contributed by atoms with Crippen LogP contribution < -0.4 is 0 Å². The van der Waals surface area contributed by atoms with Crippen molar-refractivity contribution in [2.24, 2.45) is 0 Å². The van der Waals surface area contributed by atoms with Gasteiger partial charge in [-0.05, 0) is 30.0 Å². The van der Waals surface area contributed by atoms with Crippen LogP contribution in [0.2, 0.25) is 0 Å². The topological polar surface area (TPSA) is 54.2 Å². The number of thiazole rings is 1. The summed E-state index contributed by atoms with van der Waals surface area (Å²) >= 11 is 4.88. The van der Waals surface area contributed by atoms with Gasteiger partial charge >= 0.3 is 0 Å². The fourth-order valence-corrected chi connectivity index (χ4v) is 2.73. The van der Waals surface area contributed by atoms with Crippen LogP contribution in [0.3, 0.4) is 0 Å². The van der Waals surface area contributed by atoms with Crippen LogP contribution in [0.15, 0.2) is 22.4 Å². The van der Waals surface area contributed by atoms with Crippen molar-refractivity contribution in [3.8, 4) is 0 Å². The zero-order chi connectivity index (χ0) is 13.1. The van der Waals surface area contributed by atoms with Gasteiger partial charge in [0.05, 0.1) is 33.3 Å². The maximum absolute atomic E-state index is 10.4. The number of hydrogen-bond donors (Lipinski definition) is 1. The number of likely N-dealkylation sites (N-methyl/N-ethyl adjacent to an activating group) is 1. The minimum Gasteiger partial charge on any atom is -0.381 e. The van der Waals surface area contributed by atoms with Crippen LogP contribution in [0.25, 0.3) is 0 Å². The molecule has 1 N–H and O–H groups in total. The predicted molar refractivity (Wildman–Crippen MR) is 74.7 cm³/mol. The second-order valence-electron chi connectivity index (χ2n) is 4.21. The quantitative estimate of drug-likeness (QED) is 0.907. The SMILES string of the molecule is CN(C)CCn1ncc(Br)c1C(O)c1cncs1. The van der Waals surface area contributed by atoms with Gasteiger partial charge in [-0.3, -0.25) is 9.67 Å². The highest BCUT2D eigenvalue weighted by Crippen LogP contribution is 2.30. The van der Waals surface area contributed by atoms with Gasteiger partial charge in [-0.2, -0.15) is 5.10 Å². The molecule has 0 amide bonds. The Kier molecular flexibility index (Phi) is 4.50. The van der Waals surface area contributed by atoms with E-state index in [1.54, 1.807) is 17.9 Å². The van der Waals surface area contributed by atoms with E-state index < -0.39 is 6.10 Å². The third kappa shape index (κ3) is 2.97.